The highest BCUT2D eigenvalue weighted by molar-refractivity contribution is 5.94. The second-order valence-corrected chi connectivity index (χ2v) is 9.68. The lowest BCUT2D eigenvalue weighted by Gasteiger charge is -2.21. The lowest BCUT2D eigenvalue weighted by molar-refractivity contribution is 0.0698. The molecular formula is C29H26N2O4. The predicted octanol–water partition coefficient (Wildman–Crippen LogP) is 5.63. The van der Waals surface area contributed by atoms with Crippen LogP contribution in [0.15, 0.2) is 65.5 Å². The summed E-state index contributed by atoms with van der Waals surface area (Å²) in [5.41, 5.74) is 5.70. The number of benzene rings is 3. The number of carboxylic acid groups (broad SMARTS) is 1. The number of carboxylic acids is 1. The number of nitrogens with zero attached hydrogens (tertiary/aromatic N) is 1. The van der Waals surface area contributed by atoms with Gasteiger partial charge in [-0.2, -0.15) is 0 Å². The zero-order valence-corrected chi connectivity index (χ0v) is 19.8. The zero-order valence-electron chi connectivity index (χ0n) is 19.8. The Morgan fingerprint density at radius 2 is 1.91 bits per heavy atom. The third-order valence-electron chi connectivity index (χ3n) is 7.25. The highest BCUT2D eigenvalue weighted by Gasteiger charge is 2.47. The smallest absolute Gasteiger partial charge is 0.337 e. The molecule has 176 valence electrons. The van der Waals surface area contributed by atoms with Crippen molar-refractivity contribution >= 4 is 22.4 Å². The van der Waals surface area contributed by atoms with Gasteiger partial charge in [-0.05, 0) is 84.8 Å². The number of hydrogen-bond donors (Lipinski definition) is 2. The summed E-state index contributed by atoms with van der Waals surface area (Å²) in [7, 11) is 1.81. The molecule has 3 atom stereocenters. The Bertz CT molecular complexity index is 1590. The zero-order chi connectivity index (χ0) is 24.4. The van der Waals surface area contributed by atoms with Crippen molar-refractivity contribution < 1.29 is 14.6 Å². The second-order valence-electron chi connectivity index (χ2n) is 9.68. The van der Waals surface area contributed by atoms with Crippen LogP contribution in [0.3, 0.4) is 0 Å². The second kappa shape index (κ2) is 7.73. The summed E-state index contributed by atoms with van der Waals surface area (Å²) in [6, 6.07) is 18.9. The minimum atomic E-state index is -0.982. The molecule has 3 aromatic carbocycles. The Labute approximate surface area is 202 Å². The Hall–Kier alpha value is -4.06. The molecule has 0 radical (unpaired) electrons. The van der Waals surface area contributed by atoms with Gasteiger partial charge in [0.15, 0.2) is 0 Å². The molecule has 2 aliphatic rings. The minimum absolute atomic E-state index is 0.0540. The monoisotopic (exact) mass is 466 g/mol. The summed E-state index contributed by atoms with van der Waals surface area (Å²) in [5.74, 6) is 0.440. The van der Waals surface area contributed by atoms with E-state index < -0.39 is 5.97 Å². The fourth-order valence-corrected chi connectivity index (χ4v) is 5.33. The molecule has 4 aromatic rings. The number of para-hydroxylation sites is 1. The van der Waals surface area contributed by atoms with Gasteiger partial charge in [0, 0.05) is 35.6 Å². The number of fused-ring (bicyclic) bond motifs is 4. The van der Waals surface area contributed by atoms with Crippen LogP contribution in [0.5, 0.6) is 5.75 Å². The number of pyridine rings is 1. The van der Waals surface area contributed by atoms with Gasteiger partial charge in [0.05, 0.1) is 11.3 Å². The minimum Gasteiger partial charge on any atom is -0.489 e. The summed E-state index contributed by atoms with van der Waals surface area (Å²) in [5, 5.41) is 14.5. The average molecular weight is 467 g/mol. The number of carbonyl (C=O) groups is 1. The lowest BCUT2D eigenvalue weighted by atomic mass is 9.95. The molecule has 6 rings (SSSR count). The third-order valence-corrected chi connectivity index (χ3v) is 7.25. The first-order valence-corrected chi connectivity index (χ1v) is 11.9. The molecule has 35 heavy (non-hydrogen) atoms. The lowest BCUT2D eigenvalue weighted by Crippen LogP contribution is -2.20. The van der Waals surface area contributed by atoms with E-state index in [1.54, 1.807) is 22.8 Å². The molecule has 0 amide bonds. The normalized spacial score (nSPS) is 18.5. The molecule has 2 N–H and O–H groups in total. The van der Waals surface area contributed by atoms with E-state index in [1.165, 1.54) is 5.56 Å². The van der Waals surface area contributed by atoms with Gasteiger partial charge in [0.1, 0.15) is 11.9 Å². The maximum Gasteiger partial charge on any atom is 0.337 e. The van der Waals surface area contributed by atoms with Crippen LogP contribution in [0.4, 0.5) is 5.69 Å². The quantitative estimate of drug-likeness (QED) is 0.398. The van der Waals surface area contributed by atoms with E-state index in [-0.39, 0.29) is 17.2 Å². The van der Waals surface area contributed by atoms with E-state index in [0.29, 0.717) is 23.1 Å². The number of nitrogens with one attached hydrogen (secondary N) is 1. The maximum atomic E-state index is 13.5. The van der Waals surface area contributed by atoms with Crippen LogP contribution in [-0.2, 0) is 7.05 Å². The number of rotatable bonds is 5. The van der Waals surface area contributed by atoms with E-state index in [1.807, 2.05) is 45.2 Å². The first-order valence-electron chi connectivity index (χ1n) is 11.9. The van der Waals surface area contributed by atoms with Crippen molar-refractivity contribution in [2.24, 2.45) is 7.05 Å². The molecule has 0 saturated heterocycles. The average Bonchev–Trinajstić information content (AvgIpc) is 3.52. The van der Waals surface area contributed by atoms with Crippen molar-refractivity contribution in [1.29, 1.82) is 0 Å². The van der Waals surface area contributed by atoms with Crippen molar-refractivity contribution in [3.05, 3.63) is 93.3 Å². The number of aryl methyl sites for hydroxylation is 1. The number of hydrogen-bond acceptors (Lipinski definition) is 4. The molecule has 3 unspecified atom stereocenters. The van der Waals surface area contributed by atoms with E-state index in [2.05, 4.69) is 23.5 Å². The van der Waals surface area contributed by atoms with Crippen LogP contribution in [-0.4, -0.2) is 21.7 Å². The van der Waals surface area contributed by atoms with Gasteiger partial charge < -0.3 is 19.7 Å². The topological polar surface area (TPSA) is 80.6 Å². The largest absolute Gasteiger partial charge is 0.489 e. The summed E-state index contributed by atoms with van der Waals surface area (Å²) >= 11 is 0. The van der Waals surface area contributed by atoms with Crippen LogP contribution in [0, 0.1) is 6.92 Å². The standard InChI is InChI=1S/C29H26N2O4/c1-15-10-19(16(2)30-24-7-5-4-6-18(24)29(33)34)20-13-25(31(3)28(32)23(20)11-15)17-8-9-26-21(12-17)22-14-27(22)35-26/h4-13,16,22,27,30H,14H2,1-3H3,(H,33,34). The molecule has 0 spiro atoms. The van der Waals surface area contributed by atoms with E-state index in [4.69, 9.17) is 4.74 Å². The van der Waals surface area contributed by atoms with Gasteiger partial charge in [-0.3, -0.25) is 4.79 Å². The molecule has 0 bridgehead atoms. The van der Waals surface area contributed by atoms with Crippen molar-refractivity contribution in [2.75, 3.05) is 5.32 Å². The summed E-state index contributed by atoms with van der Waals surface area (Å²) in [6.45, 7) is 3.96. The molecule has 1 fully saturated rings. The highest BCUT2D eigenvalue weighted by Crippen LogP contribution is 2.54. The fourth-order valence-electron chi connectivity index (χ4n) is 5.33. The Morgan fingerprint density at radius 1 is 1.11 bits per heavy atom. The van der Waals surface area contributed by atoms with Gasteiger partial charge in [-0.25, -0.2) is 4.79 Å². The Morgan fingerprint density at radius 3 is 2.71 bits per heavy atom. The maximum absolute atomic E-state index is 13.5. The van der Waals surface area contributed by atoms with Crippen molar-refractivity contribution in [2.45, 2.75) is 38.3 Å². The van der Waals surface area contributed by atoms with Gasteiger partial charge in [-0.1, -0.05) is 18.2 Å². The van der Waals surface area contributed by atoms with Gasteiger partial charge in [0.25, 0.3) is 5.56 Å². The number of ether oxygens (including phenoxy) is 1. The van der Waals surface area contributed by atoms with Gasteiger partial charge in [-0.15, -0.1) is 0 Å². The number of aromatic nitrogens is 1. The van der Waals surface area contributed by atoms with Crippen LogP contribution in [0.1, 0.15) is 52.4 Å². The van der Waals surface area contributed by atoms with Crippen LogP contribution in [0.2, 0.25) is 0 Å². The van der Waals surface area contributed by atoms with Crippen LogP contribution < -0.4 is 15.6 Å². The van der Waals surface area contributed by atoms with Crippen molar-refractivity contribution in [3.8, 4) is 17.0 Å². The van der Waals surface area contributed by atoms with Crippen LogP contribution in [0.25, 0.3) is 22.0 Å². The van der Waals surface area contributed by atoms with Crippen molar-refractivity contribution in [1.82, 2.24) is 4.57 Å². The highest BCUT2D eigenvalue weighted by atomic mass is 16.5. The molecule has 1 aromatic heterocycles. The summed E-state index contributed by atoms with van der Waals surface area (Å²) in [6.07, 6.45) is 1.38. The predicted molar refractivity (Wildman–Crippen MR) is 137 cm³/mol. The van der Waals surface area contributed by atoms with Crippen molar-refractivity contribution in [3.63, 3.8) is 0 Å². The molecular weight excluding hydrogens is 440 g/mol. The SMILES string of the molecule is Cc1cc(C(C)Nc2ccccc2C(=O)O)c2cc(-c3ccc4c(c3)C3CC3O4)n(C)c(=O)c2c1. The first kappa shape index (κ1) is 21.5. The van der Waals surface area contributed by atoms with Gasteiger partial charge >= 0.3 is 5.97 Å². The number of aromatic carboxylic acids is 1. The van der Waals surface area contributed by atoms with Crippen LogP contribution >= 0.6 is 0 Å². The first-order chi connectivity index (χ1) is 16.8. The molecule has 1 saturated carbocycles. The summed E-state index contributed by atoms with van der Waals surface area (Å²) < 4.78 is 7.64. The molecule has 1 aliphatic heterocycles. The third kappa shape index (κ3) is 3.48. The molecule has 6 nitrogen and oxygen atoms in total. The summed E-state index contributed by atoms with van der Waals surface area (Å²) in [4.78, 5) is 25.2. The van der Waals surface area contributed by atoms with E-state index in [0.717, 1.165) is 39.9 Å². The van der Waals surface area contributed by atoms with E-state index >= 15 is 0 Å². The van der Waals surface area contributed by atoms with E-state index in [9.17, 15) is 14.7 Å². The fraction of sp³-hybridized carbons (Fsp3) is 0.241. The Kier molecular flexibility index (Phi) is 4.74. The van der Waals surface area contributed by atoms with Gasteiger partial charge in [0.2, 0.25) is 0 Å². The molecule has 1 aliphatic carbocycles. The number of anilines is 1. The molecule has 6 heteroatoms. The Balaban J connectivity index is 1.48. The molecule has 2 heterocycles.